The molecule has 1 aromatic rings. The van der Waals surface area contributed by atoms with E-state index in [4.69, 9.17) is 0 Å². The van der Waals surface area contributed by atoms with Crippen molar-refractivity contribution in [3.05, 3.63) is 35.4 Å². The van der Waals surface area contributed by atoms with E-state index in [9.17, 15) is 8.78 Å². The predicted octanol–water partition coefficient (Wildman–Crippen LogP) is 2.89. The zero-order valence-electron chi connectivity index (χ0n) is 8.87. The van der Waals surface area contributed by atoms with Crippen LogP contribution in [0.2, 0.25) is 0 Å². The number of halogens is 2. The second kappa shape index (κ2) is 5.47. The van der Waals surface area contributed by atoms with Crippen LogP contribution in [0.4, 0.5) is 8.78 Å². The van der Waals surface area contributed by atoms with Crippen LogP contribution in [0, 0.1) is 11.6 Å². The highest BCUT2D eigenvalue weighted by Crippen LogP contribution is 2.25. The number of nitrogens with zero attached hydrogens (tertiary/aromatic N) is 1. The van der Waals surface area contributed by atoms with E-state index < -0.39 is 11.6 Å². The van der Waals surface area contributed by atoms with Gasteiger partial charge in [0.2, 0.25) is 0 Å². The number of hydrogen-bond donors (Lipinski definition) is 1. The summed E-state index contributed by atoms with van der Waals surface area (Å²) < 4.78 is 26.2. The maximum Gasteiger partial charge on any atom is 0.130 e. The van der Waals surface area contributed by atoms with Crippen LogP contribution in [0.1, 0.15) is 18.0 Å². The van der Waals surface area contributed by atoms with Gasteiger partial charge in [-0.2, -0.15) is 12.6 Å². The minimum absolute atomic E-state index is 0.0527. The highest BCUT2D eigenvalue weighted by atomic mass is 32.1. The minimum atomic E-state index is -0.542. The molecule has 0 aliphatic heterocycles. The predicted molar refractivity (Wildman–Crippen MR) is 61.3 cm³/mol. The van der Waals surface area contributed by atoms with Gasteiger partial charge in [0.15, 0.2) is 0 Å². The molecular weight excluding hydrogens is 216 g/mol. The van der Waals surface area contributed by atoms with Gasteiger partial charge in [0.05, 0.1) is 0 Å². The molecule has 84 valence electrons. The minimum Gasteiger partial charge on any atom is -0.302 e. The molecule has 0 N–H and O–H groups in total. The number of benzene rings is 1. The fraction of sp³-hybridized carbons (Fsp3) is 0.455. The molecule has 0 aliphatic carbocycles. The Hall–Kier alpha value is -0.610. The Bertz CT molecular complexity index is 328. The molecule has 1 aromatic carbocycles. The molecule has 0 amide bonds. The summed E-state index contributed by atoms with van der Waals surface area (Å²) in [6, 6.07) is 3.65. The Labute approximate surface area is 94.5 Å². The first-order chi connectivity index (χ1) is 7.06. The summed E-state index contributed by atoms with van der Waals surface area (Å²) in [5, 5.41) is 0. The molecule has 0 aromatic heterocycles. The van der Waals surface area contributed by atoms with Gasteiger partial charge in [-0.1, -0.05) is 6.07 Å². The Morgan fingerprint density at radius 1 is 1.33 bits per heavy atom. The van der Waals surface area contributed by atoms with E-state index in [0.717, 1.165) is 12.5 Å². The van der Waals surface area contributed by atoms with Gasteiger partial charge in [0, 0.05) is 17.7 Å². The average molecular weight is 231 g/mol. The zero-order valence-corrected chi connectivity index (χ0v) is 9.77. The normalized spacial score (nSPS) is 13.2. The van der Waals surface area contributed by atoms with Gasteiger partial charge >= 0.3 is 0 Å². The van der Waals surface area contributed by atoms with Gasteiger partial charge in [-0.05, 0) is 32.3 Å². The van der Waals surface area contributed by atoms with E-state index in [0.29, 0.717) is 11.3 Å². The summed E-state index contributed by atoms with van der Waals surface area (Å²) >= 11 is 4.14. The lowest BCUT2D eigenvalue weighted by atomic mass is 10.0. The molecule has 1 rings (SSSR count). The molecule has 0 aliphatic rings. The van der Waals surface area contributed by atoms with Crippen LogP contribution < -0.4 is 0 Å². The molecule has 0 saturated heterocycles. The van der Waals surface area contributed by atoms with Crippen LogP contribution in [-0.2, 0) is 0 Å². The van der Waals surface area contributed by atoms with Crippen molar-refractivity contribution in [3.63, 3.8) is 0 Å². The fourth-order valence-electron chi connectivity index (χ4n) is 1.59. The standard InChI is InChI=1S/C11H15F2NS/c1-14(2)11(5-6-15)9-4-3-8(12)7-10(9)13/h3-4,7,11,15H,5-6H2,1-2H3. The first-order valence-electron chi connectivity index (χ1n) is 4.78. The summed E-state index contributed by atoms with van der Waals surface area (Å²) in [6.07, 6.45) is 0.735. The van der Waals surface area contributed by atoms with Crippen molar-refractivity contribution >= 4 is 12.6 Å². The van der Waals surface area contributed by atoms with Gasteiger partial charge in [-0.3, -0.25) is 0 Å². The Morgan fingerprint density at radius 3 is 2.47 bits per heavy atom. The monoisotopic (exact) mass is 231 g/mol. The van der Waals surface area contributed by atoms with E-state index in [2.05, 4.69) is 12.6 Å². The lowest BCUT2D eigenvalue weighted by Crippen LogP contribution is -2.21. The van der Waals surface area contributed by atoms with Gasteiger partial charge in [-0.25, -0.2) is 8.78 Å². The molecule has 0 heterocycles. The van der Waals surface area contributed by atoms with Crippen molar-refractivity contribution < 1.29 is 8.78 Å². The Kier molecular flexibility index (Phi) is 4.54. The summed E-state index contributed by atoms with van der Waals surface area (Å²) in [6.45, 7) is 0. The smallest absolute Gasteiger partial charge is 0.130 e. The quantitative estimate of drug-likeness (QED) is 0.780. The topological polar surface area (TPSA) is 3.24 Å². The fourth-order valence-corrected chi connectivity index (χ4v) is 1.83. The molecule has 1 unspecified atom stereocenters. The summed E-state index contributed by atoms with van der Waals surface area (Å²) in [7, 11) is 3.74. The van der Waals surface area contributed by atoms with E-state index in [1.807, 2.05) is 19.0 Å². The van der Waals surface area contributed by atoms with Gasteiger partial charge in [0.1, 0.15) is 11.6 Å². The molecular formula is C11H15F2NS. The number of rotatable bonds is 4. The van der Waals surface area contributed by atoms with Crippen molar-refractivity contribution in [2.24, 2.45) is 0 Å². The molecule has 15 heavy (non-hydrogen) atoms. The largest absolute Gasteiger partial charge is 0.302 e. The van der Waals surface area contributed by atoms with E-state index in [1.54, 1.807) is 0 Å². The molecule has 1 nitrogen and oxygen atoms in total. The first kappa shape index (κ1) is 12.5. The van der Waals surface area contributed by atoms with Crippen LogP contribution in [0.15, 0.2) is 18.2 Å². The van der Waals surface area contributed by atoms with Crippen molar-refractivity contribution in [2.45, 2.75) is 12.5 Å². The lowest BCUT2D eigenvalue weighted by Gasteiger charge is -2.24. The third kappa shape index (κ3) is 3.18. The summed E-state index contributed by atoms with van der Waals surface area (Å²) in [5.74, 6) is -0.366. The van der Waals surface area contributed by atoms with E-state index in [1.165, 1.54) is 12.1 Å². The lowest BCUT2D eigenvalue weighted by molar-refractivity contribution is 0.286. The molecule has 4 heteroatoms. The van der Waals surface area contributed by atoms with Gasteiger partial charge in [0.25, 0.3) is 0 Å². The third-order valence-electron chi connectivity index (χ3n) is 2.35. The molecule has 0 bridgehead atoms. The second-order valence-electron chi connectivity index (χ2n) is 3.66. The van der Waals surface area contributed by atoms with Crippen LogP contribution in [0.25, 0.3) is 0 Å². The average Bonchev–Trinajstić information content (AvgIpc) is 2.15. The van der Waals surface area contributed by atoms with Crippen LogP contribution in [-0.4, -0.2) is 24.7 Å². The molecule has 0 radical (unpaired) electrons. The SMILES string of the molecule is CN(C)C(CCS)c1ccc(F)cc1F. The van der Waals surface area contributed by atoms with Gasteiger partial charge < -0.3 is 4.90 Å². The number of thiol groups is 1. The maximum absolute atomic E-state index is 13.5. The van der Waals surface area contributed by atoms with Crippen molar-refractivity contribution in [1.29, 1.82) is 0 Å². The van der Waals surface area contributed by atoms with Crippen molar-refractivity contribution in [3.8, 4) is 0 Å². The zero-order chi connectivity index (χ0) is 11.4. The number of hydrogen-bond acceptors (Lipinski definition) is 2. The Morgan fingerprint density at radius 2 is 2.00 bits per heavy atom. The second-order valence-corrected chi connectivity index (χ2v) is 4.10. The third-order valence-corrected chi connectivity index (χ3v) is 2.61. The van der Waals surface area contributed by atoms with E-state index in [-0.39, 0.29) is 6.04 Å². The molecule has 1 atom stereocenters. The maximum atomic E-state index is 13.5. The first-order valence-corrected chi connectivity index (χ1v) is 5.41. The van der Waals surface area contributed by atoms with Crippen LogP contribution in [0.3, 0.4) is 0 Å². The highest BCUT2D eigenvalue weighted by Gasteiger charge is 2.17. The van der Waals surface area contributed by atoms with Crippen molar-refractivity contribution in [1.82, 2.24) is 4.90 Å². The molecule has 0 fully saturated rings. The Balaban J connectivity index is 3.00. The van der Waals surface area contributed by atoms with Crippen LogP contribution >= 0.6 is 12.6 Å². The molecule has 0 spiro atoms. The summed E-state index contributed by atoms with van der Waals surface area (Å²) in [4.78, 5) is 1.91. The highest BCUT2D eigenvalue weighted by molar-refractivity contribution is 7.80. The summed E-state index contributed by atoms with van der Waals surface area (Å²) in [5.41, 5.74) is 0.524. The van der Waals surface area contributed by atoms with Crippen LogP contribution in [0.5, 0.6) is 0 Å². The van der Waals surface area contributed by atoms with Crippen molar-refractivity contribution in [2.75, 3.05) is 19.8 Å². The van der Waals surface area contributed by atoms with Gasteiger partial charge in [-0.15, -0.1) is 0 Å². The molecule has 0 saturated carbocycles. The van der Waals surface area contributed by atoms with E-state index >= 15 is 0 Å².